The van der Waals surface area contributed by atoms with Crippen LogP contribution in [0.3, 0.4) is 0 Å². The molecule has 0 atom stereocenters. The molecule has 11 heteroatoms. The van der Waals surface area contributed by atoms with Gasteiger partial charge in [0.05, 0.1) is 18.6 Å². The van der Waals surface area contributed by atoms with Crippen LogP contribution < -0.4 is 8.92 Å². The molecule has 3 aromatic rings. The van der Waals surface area contributed by atoms with Crippen molar-refractivity contribution in [1.82, 2.24) is 4.90 Å². The van der Waals surface area contributed by atoms with Crippen molar-refractivity contribution < 1.29 is 26.9 Å². The van der Waals surface area contributed by atoms with Crippen molar-refractivity contribution >= 4 is 62.3 Å². The van der Waals surface area contributed by atoms with E-state index in [1.165, 1.54) is 43.5 Å². The molecule has 0 unspecified atom stereocenters. The fraction of sp³-hybridized carbons (Fsp3) is 0.0833. The molecule has 1 fully saturated rings. The largest absolute Gasteiger partial charge is 0.497 e. The summed E-state index contributed by atoms with van der Waals surface area (Å²) >= 11 is 13.1. The van der Waals surface area contributed by atoms with E-state index < -0.39 is 21.3 Å². The van der Waals surface area contributed by atoms with Gasteiger partial charge >= 0.3 is 10.1 Å². The molecule has 7 nitrogen and oxygen atoms in total. The lowest BCUT2D eigenvalue weighted by atomic mass is 10.2. The van der Waals surface area contributed by atoms with Gasteiger partial charge in [-0.25, -0.2) is 0 Å². The molecule has 0 bridgehead atoms. The Balaban J connectivity index is 1.47. The molecule has 1 aliphatic rings. The number of nitrogens with zero attached hydrogens (tertiary/aromatic N) is 1. The highest BCUT2D eigenvalue weighted by Gasteiger charge is 2.35. The van der Waals surface area contributed by atoms with Crippen LogP contribution in [0.15, 0.2) is 76.5 Å². The Bertz CT molecular complexity index is 1400. The molecule has 0 aromatic heterocycles. The van der Waals surface area contributed by atoms with Crippen LogP contribution in [0.1, 0.15) is 11.1 Å². The molecule has 4 rings (SSSR count). The normalized spacial score (nSPS) is 15.1. The molecule has 1 saturated heterocycles. The van der Waals surface area contributed by atoms with Gasteiger partial charge in [0.15, 0.2) is 0 Å². The fourth-order valence-electron chi connectivity index (χ4n) is 3.17. The van der Waals surface area contributed by atoms with E-state index >= 15 is 0 Å². The maximum absolute atomic E-state index is 12.8. The van der Waals surface area contributed by atoms with E-state index in [2.05, 4.69) is 0 Å². The lowest BCUT2D eigenvalue weighted by molar-refractivity contribution is -0.123. The summed E-state index contributed by atoms with van der Waals surface area (Å²) in [5, 5.41) is 0.282. The summed E-state index contributed by atoms with van der Waals surface area (Å²) in [5.41, 5.74) is 1.07. The van der Waals surface area contributed by atoms with E-state index in [1.54, 1.807) is 36.4 Å². The van der Waals surface area contributed by atoms with Gasteiger partial charge in [0, 0.05) is 15.6 Å². The Morgan fingerprint density at radius 1 is 0.914 bits per heavy atom. The van der Waals surface area contributed by atoms with Gasteiger partial charge in [0.2, 0.25) is 0 Å². The number of methoxy groups -OCH3 is 1. The maximum Gasteiger partial charge on any atom is 0.339 e. The number of rotatable bonds is 7. The third-order valence-corrected chi connectivity index (χ3v) is 7.86. The number of hydrogen-bond donors (Lipinski definition) is 0. The summed E-state index contributed by atoms with van der Waals surface area (Å²) in [5.74, 6) is 0.144. The van der Waals surface area contributed by atoms with Gasteiger partial charge in [0.25, 0.3) is 11.1 Å². The molecule has 3 aromatic carbocycles. The van der Waals surface area contributed by atoms with Gasteiger partial charge < -0.3 is 8.92 Å². The molecular formula is C24H17Cl2NO6S2. The minimum Gasteiger partial charge on any atom is -0.497 e. The second-order valence-corrected chi connectivity index (χ2v) is 10.6. The van der Waals surface area contributed by atoms with Crippen LogP contribution in [0, 0.1) is 0 Å². The van der Waals surface area contributed by atoms with Crippen LogP contribution in [0.2, 0.25) is 10.0 Å². The van der Waals surface area contributed by atoms with E-state index in [9.17, 15) is 18.0 Å². The van der Waals surface area contributed by atoms with Gasteiger partial charge in [-0.3, -0.25) is 14.5 Å². The second-order valence-electron chi connectivity index (χ2n) is 7.25. The summed E-state index contributed by atoms with van der Waals surface area (Å²) in [4.78, 5) is 26.5. The predicted molar refractivity (Wildman–Crippen MR) is 135 cm³/mol. The van der Waals surface area contributed by atoms with Crippen molar-refractivity contribution in [3.8, 4) is 11.5 Å². The fourth-order valence-corrected chi connectivity index (χ4v) is 5.45. The van der Waals surface area contributed by atoms with Gasteiger partial charge in [-0.2, -0.15) is 8.42 Å². The zero-order chi connectivity index (χ0) is 25.2. The van der Waals surface area contributed by atoms with Crippen LogP contribution in [0.5, 0.6) is 11.5 Å². The van der Waals surface area contributed by atoms with Crippen molar-refractivity contribution in [2.24, 2.45) is 0 Å². The number of benzene rings is 3. The summed E-state index contributed by atoms with van der Waals surface area (Å²) in [7, 11) is -2.55. The molecule has 0 saturated carbocycles. The van der Waals surface area contributed by atoms with E-state index in [0.29, 0.717) is 26.9 Å². The van der Waals surface area contributed by atoms with Crippen molar-refractivity contribution in [1.29, 1.82) is 0 Å². The lowest BCUT2D eigenvalue weighted by Crippen LogP contribution is -2.27. The highest BCUT2D eigenvalue weighted by molar-refractivity contribution is 8.18. The number of carbonyl (C=O) groups excluding carboxylic acids is 2. The zero-order valence-corrected chi connectivity index (χ0v) is 21.2. The topological polar surface area (TPSA) is 90.0 Å². The van der Waals surface area contributed by atoms with Crippen LogP contribution in [-0.2, 0) is 21.5 Å². The Hall–Kier alpha value is -2.98. The highest BCUT2D eigenvalue weighted by Crippen LogP contribution is 2.36. The van der Waals surface area contributed by atoms with E-state index in [4.69, 9.17) is 32.1 Å². The Labute approximate surface area is 216 Å². The number of imide groups is 1. The number of ether oxygens (including phenoxy) is 1. The lowest BCUT2D eigenvalue weighted by Gasteiger charge is -2.14. The molecule has 0 radical (unpaired) electrons. The van der Waals surface area contributed by atoms with E-state index in [0.717, 1.165) is 16.7 Å². The molecule has 0 N–H and O–H groups in total. The molecule has 1 heterocycles. The minimum atomic E-state index is -4.04. The van der Waals surface area contributed by atoms with E-state index in [1.807, 2.05) is 0 Å². The smallest absolute Gasteiger partial charge is 0.339 e. The number of hydrogen-bond acceptors (Lipinski definition) is 7. The molecular weight excluding hydrogens is 533 g/mol. The summed E-state index contributed by atoms with van der Waals surface area (Å²) < 4.78 is 35.2. The summed E-state index contributed by atoms with van der Waals surface area (Å²) in [6.45, 7) is -0.0451. The molecule has 0 spiro atoms. The average molecular weight is 550 g/mol. The maximum atomic E-state index is 12.8. The first-order valence-electron chi connectivity index (χ1n) is 10.0. The summed E-state index contributed by atoms with van der Waals surface area (Å²) in [6, 6.07) is 16.8. The minimum absolute atomic E-state index is 0.0188. The first kappa shape index (κ1) is 25.1. The number of thioether (sulfide) groups is 1. The molecule has 1 aliphatic heterocycles. The van der Waals surface area contributed by atoms with E-state index in [-0.39, 0.29) is 22.1 Å². The quantitative estimate of drug-likeness (QED) is 0.263. The van der Waals surface area contributed by atoms with Gasteiger partial charge in [-0.15, -0.1) is 0 Å². The number of carbonyl (C=O) groups is 2. The van der Waals surface area contributed by atoms with Crippen molar-refractivity contribution in [2.45, 2.75) is 11.4 Å². The Morgan fingerprint density at radius 3 is 2.11 bits per heavy atom. The molecule has 2 amide bonds. The van der Waals surface area contributed by atoms with Crippen molar-refractivity contribution in [2.75, 3.05) is 7.11 Å². The predicted octanol–water partition coefficient (Wildman–Crippen LogP) is 6.01. The third-order valence-electron chi connectivity index (χ3n) is 4.98. The van der Waals surface area contributed by atoms with Gasteiger partial charge in [-0.1, -0.05) is 41.4 Å². The monoisotopic (exact) mass is 549 g/mol. The van der Waals surface area contributed by atoms with Crippen LogP contribution in [-0.4, -0.2) is 31.6 Å². The van der Waals surface area contributed by atoms with Gasteiger partial charge in [-0.05, 0) is 71.9 Å². The summed E-state index contributed by atoms with van der Waals surface area (Å²) in [6.07, 6.45) is 1.54. The second kappa shape index (κ2) is 10.3. The third kappa shape index (κ3) is 5.65. The first-order valence-corrected chi connectivity index (χ1v) is 13.0. The standard InChI is InChI=1S/C24H17Cl2NO6S2/c1-32-16-9-11-18(12-10-16)35(30,31)33-17-7-5-15(6-8-17)13-22-23(28)27(24(29)34-22)14-19-20(25)3-2-4-21(19)26/h2-13H,14H2,1H3/b22-13-. The Morgan fingerprint density at radius 2 is 1.51 bits per heavy atom. The zero-order valence-electron chi connectivity index (χ0n) is 18.1. The SMILES string of the molecule is COc1ccc(S(=O)(=O)Oc2ccc(/C=C3\SC(=O)N(Cc4c(Cl)cccc4Cl)C3=O)cc2)cc1. The van der Waals surface area contributed by atoms with Crippen molar-refractivity contribution in [3.63, 3.8) is 0 Å². The first-order chi connectivity index (χ1) is 16.7. The highest BCUT2D eigenvalue weighted by atomic mass is 35.5. The molecule has 35 heavy (non-hydrogen) atoms. The van der Waals surface area contributed by atoms with Crippen LogP contribution in [0.4, 0.5) is 4.79 Å². The average Bonchev–Trinajstić information content (AvgIpc) is 3.09. The molecule has 180 valence electrons. The number of halogens is 2. The van der Waals surface area contributed by atoms with Gasteiger partial charge in [0.1, 0.15) is 16.4 Å². The number of amides is 2. The Kier molecular flexibility index (Phi) is 7.42. The molecule has 0 aliphatic carbocycles. The van der Waals surface area contributed by atoms with Crippen molar-refractivity contribution in [3.05, 3.63) is 92.8 Å². The van der Waals surface area contributed by atoms with Crippen LogP contribution >= 0.6 is 35.0 Å². The van der Waals surface area contributed by atoms with Crippen LogP contribution in [0.25, 0.3) is 6.08 Å².